The molecule has 3 nitrogen and oxygen atoms in total. The summed E-state index contributed by atoms with van der Waals surface area (Å²) in [4.78, 5) is 3.58. The zero-order valence-corrected chi connectivity index (χ0v) is 8.96. The minimum atomic E-state index is -0.750. The molecule has 0 unspecified atom stereocenters. The van der Waals surface area contributed by atoms with Crippen LogP contribution in [0.3, 0.4) is 0 Å². The Labute approximate surface area is 89.3 Å². The van der Waals surface area contributed by atoms with Gasteiger partial charge in [-0.2, -0.15) is 4.39 Å². The van der Waals surface area contributed by atoms with Crippen LogP contribution >= 0.6 is 15.9 Å². The Morgan fingerprint density at radius 2 is 2.29 bits per heavy atom. The average molecular weight is 261 g/mol. The summed E-state index contributed by atoms with van der Waals surface area (Å²) < 4.78 is 14.0. The number of rotatable bonds is 1. The molecule has 0 atom stereocenters. The van der Waals surface area contributed by atoms with Crippen LogP contribution in [-0.2, 0) is 5.54 Å². The minimum Gasteiger partial charge on any atom is -0.393 e. The summed E-state index contributed by atoms with van der Waals surface area (Å²) in [5.41, 5.74) is 5.55. The van der Waals surface area contributed by atoms with Gasteiger partial charge in [-0.25, -0.2) is 4.98 Å². The van der Waals surface area contributed by atoms with Crippen molar-refractivity contribution in [2.45, 2.75) is 24.5 Å². The lowest BCUT2D eigenvalue weighted by molar-refractivity contribution is 0.0189. The SMILES string of the molecule is NC1(c2cc(Br)cnc2F)CC(O)C1. The number of pyridine rings is 1. The molecule has 76 valence electrons. The second-order valence-electron chi connectivity index (χ2n) is 3.71. The van der Waals surface area contributed by atoms with Crippen molar-refractivity contribution < 1.29 is 9.50 Å². The molecule has 1 aliphatic carbocycles. The number of aliphatic hydroxyl groups is 1. The summed E-state index contributed by atoms with van der Waals surface area (Å²) in [6, 6.07) is 1.62. The molecule has 0 aliphatic heterocycles. The first-order chi connectivity index (χ1) is 6.51. The molecular formula is C9H10BrFN2O. The molecule has 2 rings (SSSR count). The molecule has 1 aliphatic rings. The third kappa shape index (κ3) is 1.55. The summed E-state index contributed by atoms with van der Waals surface area (Å²) in [5.74, 6) is -0.553. The van der Waals surface area contributed by atoms with Gasteiger partial charge in [-0.3, -0.25) is 0 Å². The highest BCUT2D eigenvalue weighted by molar-refractivity contribution is 9.10. The van der Waals surface area contributed by atoms with Crippen molar-refractivity contribution in [3.8, 4) is 0 Å². The highest BCUT2D eigenvalue weighted by atomic mass is 79.9. The predicted molar refractivity (Wildman–Crippen MR) is 53.0 cm³/mol. The van der Waals surface area contributed by atoms with Gasteiger partial charge in [-0.1, -0.05) is 0 Å². The van der Waals surface area contributed by atoms with E-state index in [0.717, 1.165) is 0 Å². The Bertz CT molecular complexity index is 366. The first-order valence-corrected chi connectivity index (χ1v) is 5.09. The molecule has 1 aromatic rings. The number of halogens is 2. The lowest BCUT2D eigenvalue weighted by atomic mass is 9.71. The van der Waals surface area contributed by atoms with Crippen LogP contribution in [0.1, 0.15) is 18.4 Å². The normalized spacial score (nSPS) is 31.3. The largest absolute Gasteiger partial charge is 0.393 e. The summed E-state index contributed by atoms with van der Waals surface area (Å²) in [5, 5.41) is 9.17. The molecule has 0 bridgehead atoms. The van der Waals surface area contributed by atoms with E-state index >= 15 is 0 Å². The summed E-state index contributed by atoms with van der Waals surface area (Å²) in [6.07, 6.45) is 1.75. The highest BCUT2D eigenvalue weighted by Gasteiger charge is 2.43. The lowest BCUT2D eigenvalue weighted by Gasteiger charge is -2.42. The molecule has 1 saturated carbocycles. The van der Waals surface area contributed by atoms with Gasteiger partial charge in [0.25, 0.3) is 0 Å². The number of hydrogen-bond acceptors (Lipinski definition) is 3. The summed E-state index contributed by atoms with van der Waals surface area (Å²) >= 11 is 3.21. The standard InChI is InChI=1S/C9H10BrFN2O/c10-5-1-7(8(11)13-4-5)9(12)2-6(14)3-9/h1,4,6,14H,2-3,12H2. The summed E-state index contributed by atoms with van der Waals surface area (Å²) in [7, 11) is 0. The number of aliphatic hydroxyl groups excluding tert-OH is 1. The topological polar surface area (TPSA) is 59.1 Å². The Morgan fingerprint density at radius 3 is 2.86 bits per heavy atom. The van der Waals surface area contributed by atoms with E-state index in [1.165, 1.54) is 6.20 Å². The number of hydrogen-bond donors (Lipinski definition) is 2. The smallest absolute Gasteiger partial charge is 0.217 e. The van der Waals surface area contributed by atoms with E-state index in [1.54, 1.807) is 6.07 Å². The first kappa shape index (κ1) is 10.0. The molecular weight excluding hydrogens is 251 g/mol. The van der Waals surface area contributed by atoms with E-state index in [9.17, 15) is 9.50 Å². The van der Waals surface area contributed by atoms with Gasteiger partial charge in [0.05, 0.1) is 11.6 Å². The zero-order chi connectivity index (χ0) is 10.3. The Kier molecular flexibility index (Phi) is 2.33. The van der Waals surface area contributed by atoms with Crippen LogP contribution in [0.25, 0.3) is 0 Å². The zero-order valence-electron chi connectivity index (χ0n) is 7.37. The van der Waals surface area contributed by atoms with Crippen LogP contribution in [0, 0.1) is 5.95 Å². The van der Waals surface area contributed by atoms with Crippen LogP contribution in [0.5, 0.6) is 0 Å². The van der Waals surface area contributed by atoms with Gasteiger partial charge >= 0.3 is 0 Å². The quantitative estimate of drug-likeness (QED) is 0.749. The third-order valence-electron chi connectivity index (χ3n) is 2.54. The van der Waals surface area contributed by atoms with Crippen molar-refractivity contribution in [3.05, 3.63) is 28.2 Å². The van der Waals surface area contributed by atoms with Crippen LogP contribution in [0.15, 0.2) is 16.7 Å². The van der Waals surface area contributed by atoms with E-state index in [4.69, 9.17) is 5.73 Å². The van der Waals surface area contributed by atoms with Crippen LogP contribution in [0.2, 0.25) is 0 Å². The maximum atomic E-state index is 13.3. The fourth-order valence-electron chi connectivity index (χ4n) is 1.77. The molecule has 0 amide bonds. The Morgan fingerprint density at radius 1 is 1.64 bits per heavy atom. The van der Waals surface area contributed by atoms with E-state index in [-0.39, 0.29) is 0 Å². The second kappa shape index (κ2) is 3.25. The third-order valence-corrected chi connectivity index (χ3v) is 2.98. The minimum absolute atomic E-state index is 0.372. The molecule has 0 saturated heterocycles. The van der Waals surface area contributed by atoms with Crippen molar-refractivity contribution in [2.24, 2.45) is 5.73 Å². The lowest BCUT2D eigenvalue weighted by Crippen LogP contribution is -2.52. The maximum Gasteiger partial charge on any atom is 0.217 e. The summed E-state index contributed by atoms with van der Waals surface area (Å²) in [6.45, 7) is 0. The van der Waals surface area contributed by atoms with Crippen molar-refractivity contribution in [3.63, 3.8) is 0 Å². The first-order valence-electron chi connectivity index (χ1n) is 4.30. The molecule has 1 fully saturated rings. The van der Waals surface area contributed by atoms with Crippen molar-refractivity contribution in [1.29, 1.82) is 0 Å². The van der Waals surface area contributed by atoms with Gasteiger partial charge < -0.3 is 10.8 Å². The van der Waals surface area contributed by atoms with Gasteiger partial charge in [-0.05, 0) is 34.8 Å². The van der Waals surface area contributed by atoms with Crippen molar-refractivity contribution in [1.82, 2.24) is 4.98 Å². The van der Waals surface area contributed by atoms with Crippen LogP contribution < -0.4 is 5.73 Å². The molecule has 0 aromatic carbocycles. The van der Waals surface area contributed by atoms with Crippen molar-refractivity contribution >= 4 is 15.9 Å². The van der Waals surface area contributed by atoms with E-state index in [0.29, 0.717) is 22.9 Å². The van der Waals surface area contributed by atoms with Gasteiger partial charge in [0, 0.05) is 16.2 Å². The van der Waals surface area contributed by atoms with Crippen molar-refractivity contribution in [2.75, 3.05) is 0 Å². The van der Waals surface area contributed by atoms with E-state index < -0.39 is 17.6 Å². The van der Waals surface area contributed by atoms with Gasteiger partial charge in [0.15, 0.2) is 0 Å². The second-order valence-corrected chi connectivity index (χ2v) is 4.63. The number of nitrogens with two attached hydrogens (primary N) is 1. The van der Waals surface area contributed by atoms with Gasteiger partial charge in [-0.15, -0.1) is 0 Å². The number of nitrogens with zero attached hydrogens (tertiary/aromatic N) is 1. The fourth-order valence-corrected chi connectivity index (χ4v) is 2.10. The molecule has 1 heterocycles. The fraction of sp³-hybridized carbons (Fsp3) is 0.444. The van der Waals surface area contributed by atoms with Crippen LogP contribution in [0.4, 0.5) is 4.39 Å². The van der Waals surface area contributed by atoms with E-state index in [1.807, 2.05) is 0 Å². The molecule has 3 N–H and O–H groups in total. The predicted octanol–water partition coefficient (Wildman–Crippen LogP) is 1.29. The van der Waals surface area contributed by atoms with E-state index in [2.05, 4.69) is 20.9 Å². The molecule has 1 aromatic heterocycles. The Balaban J connectivity index is 2.36. The average Bonchev–Trinajstić information content (AvgIpc) is 2.07. The monoisotopic (exact) mass is 260 g/mol. The Hall–Kier alpha value is -0.520. The molecule has 0 radical (unpaired) electrons. The molecule has 5 heteroatoms. The molecule has 14 heavy (non-hydrogen) atoms. The number of aromatic nitrogens is 1. The molecule has 0 spiro atoms. The van der Waals surface area contributed by atoms with Gasteiger partial charge in [0.1, 0.15) is 0 Å². The van der Waals surface area contributed by atoms with Crippen LogP contribution in [-0.4, -0.2) is 16.2 Å². The van der Waals surface area contributed by atoms with Gasteiger partial charge in [0.2, 0.25) is 5.95 Å². The highest BCUT2D eigenvalue weighted by Crippen LogP contribution is 2.40. The maximum absolute atomic E-state index is 13.3.